The van der Waals surface area contributed by atoms with Crippen LogP contribution in [0.5, 0.6) is 0 Å². The zero-order valence-electron chi connectivity index (χ0n) is 14.0. The molecule has 0 bridgehead atoms. The number of carbonyl (C=O) groups is 2. The predicted molar refractivity (Wildman–Crippen MR) is 85.1 cm³/mol. The van der Waals surface area contributed by atoms with Gasteiger partial charge in [0, 0.05) is 18.7 Å². The molecule has 2 amide bonds. The Bertz CT molecular complexity index is 655. The molecular weight excluding hydrogens is 356 g/mol. The van der Waals surface area contributed by atoms with E-state index in [2.05, 4.69) is 4.74 Å². The lowest BCUT2D eigenvalue weighted by molar-refractivity contribution is -0.170. The first-order valence-electron chi connectivity index (χ1n) is 8.09. The summed E-state index contributed by atoms with van der Waals surface area (Å²) in [5.41, 5.74) is 6.56. The third-order valence-electron chi connectivity index (χ3n) is 4.21. The maximum absolute atomic E-state index is 12.7. The van der Waals surface area contributed by atoms with Crippen molar-refractivity contribution in [3.05, 3.63) is 35.4 Å². The summed E-state index contributed by atoms with van der Waals surface area (Å²) in [6.07, 6.45) is -2.49. The van der Waals surface area contributed by atoms with Gasteiger partial charge in [0.05, 0.1) is 0 Å². The zero-order chi connectivity index (χ0) is 19.3. The summed E-state index contributed by atoms with van der Waals surface area (Å²) in [7, 11) is 0. The molecule has 144 valence electrons. The number of rotatable bonds is 8. The Morgan fingerprint density at radius 3 is 2.73 bits per heavy atom. The Hall–Kier alpha value is -2.16. The van der Waals surface area contributed by atoms with E-state index < -0.39 is 37.4 Å². The van der Waals surface area contributed by atoms with Crippen molar-refractivity contribution >= 4 is 11.8 Å². The highest BCUT2D eigenvalue weighted by molar-refractivity contribution is 5.92. The molecule has 0 spiro atoms. The number of alkyl halides is 4. The van der Waals surface area contributed by atoms with Gasteiger partial charge in [-0.2, -0.15) is 8.78 Å². The van der Waals surface area contributed by atoms with Crippen LogP contribution in [-0.4, -0.2) is 55.4 Å². The van der Waals surface area contributed by atoms with Crippen molar-refractivity contribution in [3.8, 4) is 0 Å². The molecule has 1 heterocycles. The molecule has 1 aliphatic heterocycles. The van der Waals surface area contributed by atoms with Crippen LogP contribution >= 0.6 is 0 Å². The largest absolute Gasteiger partial charge is 0.366 e. The van der Waals surface area contributed by atoms with E-state index in [1.54, 1.807) is 18.2 Å². The number of halogens is 4. The second-order valence-electron chi connectivity index (χ2n) is 6.32. The molecule has 1 aromatic carbocycles. The SMILES string of the molecule is NC(=O)c1cccc(C[C@H]2CCN(C(=O)COCC(F)(F)C(F)F)C2)c1. The molecule has 0 unspecified atom stereocenters. The van der Waals surface area contributed by atoms with Crippen LogP contribution in [0, 0.1) is 5.92 Å². The van der Waals surface area contributed by atoms with Crippen LogP contribution in [0.25, 0.3) is 0 Å². The van der Waals surface area contributed by atoms with E-state index in [9.17, 15) is 27.2 Å². The molecule has 26 heavy (non-hydrogen) atoms. The molecule has 0 radical (unpaired) electrons. The van der Waals surface area contributed by atoms with E-state index in [-0.39, 0.29) is 5.92 Å². The standard InChI is InChI=1S/C17H20F4N2O3/c18-16(19)17(20,21)10-26-9-14(24)23-5-4-12(8-23)6-11-2-1-3-13(7-11)15(22)25/h1-3,7,12,16H,4-6,8-10H2,(H2,22,25)/t12-/m1/s1. The van der Waals surface area contributed by atoms with Gasteiger partial charge in [0.2, 0.25) is 11.8 Å². The van der Waals surface area contributed by atoms with E-state index in [0.29, 0.717) is 31.5 Å². The Balaban J connectivity index is 1.80. The number of likely N-dealkylation sites (tertiary alicyclic amines) is 1. The number of primary amides is 1. The molecule has 5 nitrogen and oxygen atoms in total. The molecule has 1 aromatic rings. The Labute approximate surface area is 148 Å². The first-order chi connectivity index (χ1) is 12.2. The summed E-state index contributed by atoms with van der Waals surface area (Å²) in [5, 5.41) is 0. The van der Waals surface area contributed by atoms with Gasteiger partial charge in [-0.3, -0.25) is 9.59 Å². The molecule has 1 fully saturated rings. The minimum atomic E-state index is -4.26. The van der Waals surface area contributed by atoms with Crippen LogP contribution in [0.3, 0.4) is 0 Å². The molecule has 1 atom stereocenters. The van der Waals surface area contributed by atoms with E-state index in [4.69, 9.17) is 5.73 Å². The molecule has 0 aliphatic carbocycles. The topological polar surface area (TPSA) is 72.6 Å². The maximum Gasteiger partial charge on any atom is 0.330 e. The first-order valence-corrected chi connectivity index (χ1v) is 8.09. The highest BCUT2D eigenvalue weighted by atomic mass is 19.3. The van der Waals surface area contributed by atoms with Crippen LogP contribution in [0.2, 0.25) is 0 Å². The van der Waals surface area contributed by atoms with Crippen LogP contribution in [-0.2, 0) is 16.0 Å². The number of amides is 2. The van der Waals surface area contributed by atoms with Gasteiger partial charge >= 0.3 is 12.3 Å². The molecule has 9 heteroatoms. The van der Waals surface area contributed by atoms with Crippen LogP contribution in [0.15, 0.2) is 24.3 Å². The molecular formula is C17H20F4N2O3. The van der Waals surface area contributed by atoms with Crippen LogP contribution in [0.4, 0.5) is 17.6 Å². The number of nitrogens with two attached hydrogens (primary N) is 1. The van der Waals surface area contributed by atoms with E-state index in [1.807, 2.05) is 6.07 Å². The lowest BCUT2D eigenvalue weighted by Crippen LogP contribution is -2.36. The summed E-state index contributed by atoms with van der Waals surface area (Å²) < 4.78 is 54.0. The van der Waals surface area contributed by atoms with Crippen molar-refractivity contribution in [3.63, 3.8) is 0 Å². The monoisotopic (exact) mass is 376 g/mol. The fourth-order valence-electron chi connectivity index (χ4n) is 2.84. The minimum Gasteiger partial charge on any atom is -0.366 e. The van der Waals surface area contributed by atoms with Crippen molar-refractivity contribution < 1.29 is 31.9 Å². The van der Waals surface area contributed by atoms with Gasteiger partial charge in [-0.05, 0) is 36.5 Å². The van der Waals surface area contributed by atoms with E-state index in [0.717, 1.165) is 5.56 Å². The third-order valence-corrected chi connectivity index (χ3v) is 4.21. The molecule has 1 saturated heterocycles. The number of ether oxygens (including phenoxy) is 1. The number of hydrogen-bond acceptors (Lipinski definition) is 3. The number of carbonyl (C=O) groups excluding carboxylic acids is 2. The van der Waals surface area contributed by atoms with Crippen molar-refractivity contribution in [1.29, 1.82) is 0 Å². The highest BCUT2D eigenvalue weighted by Gasteiger charge is 2.41. The van der Waals surface area contributed by atoms with Crippen molar-refractivity contribution in [1.82, 2.24) is 4.90 Å². The van der Waals surface area contributed by atoms with Gasteiger partial charge in [0.25, 0.3) is 0 Å². The summed E-state index contributed by atoms with van der Waals surface area (Å²) in [6.45, 7) is -1.30. The lowest BCUT2D eigenvalue weighted by atomic mass is 9.97. The average molecular weight is 376 g/mol. The van der Waals surface area contributed by atoms with E-state index in [1.165, 1.54) is 4.90 Å². The summed E-state index contributed by atoms with van der Waals surface area (Å²) in [5.74, 6) is -5.15. The van der Waals surface area contributed by atoms with Crippen molar-refractivity contribution in [2.75, 3.05) is 26.3 Å². The maximum atomic E-state index is 12.7. The molecule has 0 aromatic heterocycles. The van der Waals surface area contributed by atoms with Gasteiger partial charge in [0.1, 0.15) is 13.2 Å². The second kappa shape index (κ2) is 8.48. The Morgan fingerprint density at radius 2 is 2.08 bits per heavy atom. The Morgan fingerprint density at radius 1 is 1.35 bits per heavy atom. The quantitative estimate of drug-likeness (QED) is 0.706. The zero-order valence-corrected chi connectivity index (χ0v) is 14.0. The summed E-state index contributed by atoms with van der Waals surface area (Å²) in [6, 6.07) is 6.89. The van der Waals surface area contributed by atoms with Crippen molar-refractivity contribution in [2.24, 2.45) is 11.7 Å². The van der Waals surface area contributed by atoms with Gasteiger partial charge in [-0.1, -0.05) is 12.1 Å². The van der Waals surface area contributed by atoms with Crippen LogP contribution in [0.1, 0.15) is 22.3 Å². The van der Waals surface area contributed by atoms with Gasteiger partial charge in [0.15, 0.2) is 0 Å². The predicted octanol–water partition coefficient (Wildman–Crippen LogP) is 2.09. The summed E-state index contributed by atoms with van der Waals surface area (Å²) >= 11 is 0. The number of benzene rings is 1. The first kappa shape index (κ1) is 20.2. The van der Waals surface area contributed by atoms with Crippen LogP contribution < -0.4 is 5.73 Å². The molecule has 0 saturated carbocycles. The number of nitrogens with zero attached hydrogens (tertiary/aromatic N) is 1. The third kappa shape index (κ3) is 5.42. The summed E-state index contributed by atoms with van der Waals surface area (Å²) in [4.78, 5) is 24.6. The number of hydrogen-bond donors (Lipinski definition) is 1. The fourth-order valence-corrected chi connectivity index (χ4v) is 2.84. The van der Waals surface area contributed by atoms with Gasteiger partial charge in [-0.15, -0.1) is 0 Å². The molecule has 1 aliphatic rings. The van der Waals surface area contributed by atoms with Crippen molar-refractivity contribution in [2.45, 2.75) is 25.2 Å². The second-order valence-corrected chi connectivity index (χ2v) is 6.32. The smallest absolute Gasteiger partial charge is 0.330 e. The highest BCUT2D eigenvalue weighted by Crippen LogP contribution is 2.24. The minimum absolute atomic E-state index is 0.143. The fraction of sp³-hybridized carbons (Fsp3) is 0.529. The molecule has 2 rings (SSSR count). The Kier molecular flexibility index (Phi) is 6.57. The molecule has 2 N–H and O–H groups in total. The van der Waals surface area contributed by atoms with E-state index >= 15 is 0 Å². The van der Waals surface area contributed by atoms with Gasteiger partial charge in [-0.25, -0.2) is 8.78 Å². The lowest BCUT2D eigenvalue weighted by Gasteiger charge is -2.19. The normalized spacial score (nSPS) is 17.7. The average Bonchev–Trinajstić information content (AvgIpc) is 3.03. The van der Waals surface area contributed by atoms with Gasteiger partial charge < -0.3 is 15.4 Å².